The van der Waals surface area contributed by atoms with Gasteiger partial charge in [0.1, 0.15) is 5.82 Å². The van der Waals surface area contributed by atoms with Crippen LogP contribution < -0.4 is 0 Å². The zero-order valence-corrected chi connectivity index (χ0v) is 19.7. The Morgan fingerprint density at radius 1 is 1.12 bits per heavy atom. The Morgan fingerprint density at radius 3 is 2.42 bits per heavy atom. The number of amides is 1. The van der Waals surface area contributed by atoms with E-state index in [0.29, 0.717) is 17.3 Å². The molecule has 11 heteroatoms. The van der Waals surface area contributed by atoms with Crippen LogP contribution in [0.15, 0.2) is 35.6 Å². The van der Waals surface area contributed by atoms with Gasteiger partial charge >= 0.3 is 5.97 Å². The molecule has 1 amide bonds. The number of hydrogen-bond donors (Lipinski definition) is 1. The summed E-state index contributed by atoms with van der Waals surface area (Å²) in [6, 6.07) is 5.06. The highest BCUT2D eigenvalue weighted by molar-refractivity contribution is 7.99. The van der Waals surface area contributed by atoms with Crippen LogP contribution in [-0.2, 0) is 14.6 Å². The van der Waals surface area contributed by atoms with Gasteiger partial charge in [-0.3, -0.25) is 9.36 Å². The standard InChI is InChI=1S/C22H26FN3O5S2/c23-15-6-8-17(9-7-15)26-19(21(28)29)12-24-22(26)32-13-20(27)25(16-4-2-1-3-5-16)18-10-11-33(30,31)14-18/h6-9,12,16,18H,1-5,10-11,13-14H2,(H,28,29)/t18-/m1/s1. The van der Waals surface area contributed by atoms with Gasteiger partial charge in [0.05, 0.1) is 23.5 Å². The number of carboxylic acids is 1. The van der Waals surface area contributed by atoms with E-state index in [-0.39, 0.29) is 40.9 Å². The number of carbonyl (C=O) groups excluding carboxylic acids is 1. The maximum atomic E-state index is 13.4. The molecule has 1 aliphatic heterocycles. The SMILES string of the molecule is O=C(O)c1cnc(SCC(=O)N(C2CCCCC2)[C@@H]2CCS(=O)(=O)C2)n1-c1ccc(F)cc1. The van der Waals surface area contributed by atoms with Crippen molar-refractivity contribution < 1.29 is 27.5 Å². The molecule has 2 fully saturated rings. The van der Waals surface area contributed by atoms with Gasteiger partial charge in [-0.1, -0.05) is 31.0 Å². The molecule has 33 heavy (non-hydrogen) atoms. The van der Waals surface area contributed by atoms with Gasteiger partial charge in [-0.05, 0) is 43.5 Å². The minimum atomic E-state index is -3.15. The second-order valence-corrected chi connectivity index (χ2v) is 11.7. The van der Waals surface area contributed by atoms with Crippen LogP contribution in [0.4, 0.5) is 4.39 Å². The number of aromatic nitrogens is 2. The van der Waals surface area contributed by atoms with E-state index in [2.05, 4.69) is 4.98 Å². The second kappa shape index (κ2) is 9.84. The highest BCUT2D eigenvalue weighted by Crippen LogP contribution is 2.30. The maximum absolute atomic E-state index is 13.4. The second-order valence-electron chi connectivity index (χ2n) is 8.48. The molecule has 1 N–H and O–H groups in total. The molecule has 0 unspecified atom stereocenters. The van der Waals surface area contributed by atoms with E-state index in [1.165, 1.54) is 35.0 Å². The first-order chi connectivity index (χ1) is 15.7. The minimum Gasteiger partial charge on any atom is -0.477 e. The number of benzene rings is 1. The summed E-state index contributed by atoms with van der Waals surface area (Å²) in [7, 11) is -3.15. The summed E-state index contributed by atoms with van der Waals surface area (Å²) >= 11 is 1.10. The largest absolute Gasteiger partial charge is 0.477 e. The van der Waals surface area contributed by atoms with Crippen LogP contribution in [0.2, 0.25) is 0 Å². The molecular weight excluding hydrogens is 469 g/mol. The molecule has 0 radical (unpaired) electrons. The number of carbonyl (C=O) groups is 2. The van der Waals surface area contributed by atoms with E-state index in [9.17, 15) is 27.5 Å². The van der Waals surface area contributed by atoms with Gasteiger partial charge in [0.2, 0.25) is 5.91 Å². The van der Waals surface area contributed by atoms with Gasteiger partial charge in [-0.15, -0.1) is 0 Å². The Bertz CT molecular complexity index is 1130. The molecule has 1 saturated heterocycles. The number of aromatic carboxylic acids is 1. The number of thioether (sulfide) groups is 1. The van der Waals surface area contributed by atoms with Gasteiger partial charge in [-0.2, -0.15) is 0 Å². The highest BCUT2D eigenvalue weighted by atomic mass is 32.2. The summed E-state index contributed by atoms with van der Waals surface area (Å²) < 4.78 is 38.9. The Morgan fingerprint density at radius 2 is 1.82 bits per heavy atom. The molecule has 2 aliphatic rings. The van der Waals surface area contributed by atoms with E-state index in [1.807, 2.05) is 0 Å². The molecular formula is C22H26FN3O5S2. The first-order valence-corrected chi connectivity index (χ1v) is 13.8. The van der Waals surface area contributed by atoms with Crippen molar-refractivity contribution in [2.24, 2.45) is 0 Å². The quantitative estimate of drug-likeness (QED) is 0.588. The van der Waals surface area contributed by atoms with E-state index in [0.717, 1.165) is 43.9 Å². The fraction of sp³-hybridized carbons (Fsp3) is 0.500. The normalized spacial score (nSPS) is 20.6. The number of carboxylic acid groups (broad SMARTS) is 1. The number of imidazole rings is 1. The molecule has 2 aromatic rings. The van der Waals surface area contributed by atoms with Gasteiger partial charge in [-0.25, -0.2) is 22.6 Å². The zero-order chi connectivity index (χ0) is 23.6. The highest BCUT2D eigenvalue weighted by Gasteiger charge is 2.38. The van der Waals surface area contributed by atoms with Crippen LogP contribution in [0.1, 0.15) is 49.0 Å². The van der Waals surface area contributed by atoms with E-state index < -0.39 is 21.6 Å². The van der Waals surface area contributed by atoms with Crippen molar-refractivity contribution in [1.29, 1.82) is 0 Å². The molecule has 2 heterocycles. The van der Waals surface area contributed by atoms with Crippen molar-refractivity contribution in [3.63, 3.8) is 0 Å². The summed E-state index contributed by atoms with van der Waals surface area (Å²) in [5, 5.41) is 9.85. The van der Waals surface area contributed by atoms with Gasteiger partial charge in [0.25, 0.3) is 0 Å². The smallest absolute Gasteiger partial charge is 0.354 e. The fourth-order valence-corrected chi connectivity index (χ4v) is 7.26. The van der Waals surface area contributed by atoms with Crippen LogP contribution in [0.3, 0.4) is 0 Å². The van der Waals surface area contributed by atoms with Gasteiger partial charge < -0.3 is 10.0 Å². The number of halogens is 1. The molecule has 0 spiro atoms. The molecule has 1 aromatic carbocycles. The van der Waals surface area contributed by atoms with Crippen LogP contribution in [0.25, 0.3) is 5.69 Å². The van der Waals surface area contributed by atoms with Crippen LogP contribution in [0, 0.1) is 5.82 Å². The summed E-state index contributed by atoms with van der Waals surface area (Å²) in [5.74, 6) is -1.71. The topological polar surface area (TPSA) is 110 Å². The van der Waals surface area contributed by atoms with E-state index >= 15 is 0 Å². The molecule has 8 nitrogen and oxygen atoms in total. The monoisotopic (exact) mass is 495 g/mol. The van der Waals surface area contributed by atoms with Crippen molar-refractivity contribution in [2.75, 3.05) is 17.3 Å². The number of sulfone groups is 1. The van der Waals surface area contributed by atoms with Crippen molar-refractivity contribution in [2.45, 2.75) is 55.8 Å². The predicted molar refractivity (Wildman–Crippen MR) is 122 cm³/mol. The van der Waals surface area contributed by atoms with Gasteiger partial charge in [0, 0.05) is 17.8 Å². The first kappa shape index (κ1) is 23.7. The van der Waals surface area contributed by atoms with Crippen molar-refractivity contribution >= 4 is 33.5 Å². The van der Waals surface area contributed by atoms with Crippen LogP contribution in [0.5, 0.6) is 0 Å². The fourth-order valence-electron chi connectivity index (χ4n) is 4.69. The summed E-state index contributed by atoms with van der Waals surface area (Å²) in [5.41, 5.74) is 0.329. The lowest BCUT2D eigenvalue weighted by Crippen LogP contribution is -2.49. The Labute approximate surface area is 196 Å². The molecule has 4 rings (SSSR count). The average Bonchev–Trinajstić information content (AvgIpc) is 3.37. The minimum absolute atomic E-state index is 0.00428. The molecule has 178 valence electrons. The maximum Gasteiger partial charge on any atom is 0.354 e. The van der Waals surface area contributed by atoms with E-state index in [1.54, 1.807) is 4.90 Å². The number of nitrogens with zero attached hydrogens (tertiary/aromatic N) is 3. The lowest BCUT2D eigenvalue weighted by molar-refractivity contribution is -0.133. The molecule has 1 atom stereocenters. The zero-order valence-electron chi connectivity index (χ0n) is 18.0. The number of hydrogen-bond acceptors (Lipinski definition) is 6. The summed E-state index contributed by atoms with van der Waals surface area (Å²) in [6.07, 6.45) is 6.52. The number of rotatable bonds is 7. The van der Waals surface area contributed by atoms with Gasteiger partial charge in [0.15, 0.2) is 20.7 Å². The molecule has 1 saturated carbocycles. The van der Waals surface area contributed by atoms with Crippen LogP contribution in [-0.4, -0.2) is 69.2 Å². The third-order valence-electron chi connectivity index (χ3n) is 6.22. The van der Waals surface area contributed by atoms with Crippen molar-refractivity contribution in [3.8, 4) is 5.69 Å². The lowest BCUT2D eigenvalue weighted by atomic mass is 9.93. The molecule has 1 aromatic heterocycles. The Balaban J connectivity index is 1.56. The molecule has 1 aliphatic carbocycles. The van der Waals surface area contributed by atoms with Crippen molar-refractivity contribution in [1.82, 2.24) is 14.5 Å². The molecule has 0 bridgehead atoms. The van der Waals surface area contributed by atoms with E-state index in [4.69, 9.17) is 0 Å². The van der Waals surface area contributed by atoms with Crippen LogP contribution >= 0.6 is 11.8 Å². The Hall–Kier alpha value is -2.40. The first-order valence-electron chi connectivity index (χ1n) is 11.0. The third kappa shape index (κ3) is 5.40. The summed E-state index contributed by atoms with van der Waals surface area (Å²) in [6.45, 7) is 0. The predicted octanol–water partition coefficient (Wildman–Crippen LogP) is 3.15. The lowest BCUT2D eigenvalue weighted by Gasteiger charge is -2.38. The van der Waals surface area contributed by atoms with Crippen molar-refractivity contribution in [3.05, 3.63) is 42.0 Å². The average molecular weight is 496 g/mol. The third-order valence-corrected chi connectivity index (χ3v) is 8.90. The Kier molecular flexibility index (Phi) is 7.08. The summed E-state index contributed by atoms with van der Waals surface area (Å²) in [4.78, 5) is 31.0.